The van der Waals surface area contributed by atoms with Crippen molar-refractivity contribution in [2.45, 2.75) is 30.9 Å². The minimum Gasteiger partial charge on any atom is -0.497 e. The van der Waals surface area contributed by atoms with E-state index in [1.54, 1.807) is 7.11 Å². The van der Waals surface area contributed by atoms with Crippen LogP contribution >= 0.6 is 11.8 Å². The Balaban J connectivity index is 1.79. The number of rotatable bonds is 3. The van der Waals surface area contributed by atoms with Crippen molar-refractivity contribution in [1.29, 1.82) is 0 Å². The van der Waals surface area contributed by atoms with E-state index in [-0.39, 0.29) is 0 Å². The van der Waals surface area contributed by atoms with E-state index in [9.17, 15) is 0 Å². The van der Waals surface area contributed by atoms with E-state index in [0.29, 0.717) is 0 Å². The van der Waals surface area contributed by atoms with Gasteiger partial charge in [0.2, 0.25) is 0 Å². The van der Waals surface area contributed by atoms with E-state index in [2.05, 4.69) is 27.3 Å². The molecule has 3 nitrogen and oxygen atoms in total. The Labute approximate surface area is 112 Å². The second-order valence-corrected chi connectivity index (χ2v) is 6.17. The highest BCUT2D eigenvalue weighted by Crippen LogP contribution is 2.27. The zero-order chi connectivity index (χ0) is 12.4. The highest BCUT2D eigenvalue weighted by atomic mass is 32.2. The van der Waals surface area contributed by atoms with Gasteiger partial charge in [-0.25, -0.2) is 4.98 Å². The normalized spacial score (nSPS) is 20.2. The lowest BCUT2D eigenvalue weighted by Gasteiger charge is -2.19. The second-order valence-electron chi connectivity index (χ2n) is 4.76. The molecule has 1 aliphatic rings. The molecule has 1 saturated heterocycles. The topological polar surface area (TPSA) is 26.5 Å². The van der Waals surface area contributed by atoms with E-state index < -0.39 is 0 Å². The fourth-order valence-electron chi connectivity index (χ4n) is 2.44. The van der Waals surface area contributed by atoms with Crippen molar-refractivity contribution in [3.8, 4) is 5.75 Å². The Morgan fingerprint density at radius 1 is 1.50 bits per heavy atom. The summed E-state index contributed by atoms with van der Waals surface area (Å²) in [6.45, 7) is 0. The predicted molar refractivity (Wildman–Crippen MR) is 75.5 cm³/mol. The molecule has 2 aromatic rings. The molecule has 18 heavy (non-hydrogen) atoms. The van der Waals surface area contributed by atoms with Crippen molar-refractivity contribution in [3.63, 3.8) is 0 Å². The minimum absolute atomic E-state index is 0.755. The van der Waals surface area contributed by atoms with Crippen molar-refractivity contribution < 1.29 is 4.74 Å². The van der Waals surface area contributed by atoms with E-state index >= 15 is 0 Å². The second kappa shape index (κ2) is 5.22. The lowest BCUT2D eigenvalue weighted by atomic mass is 10.1. The summed E-state index contributed by atoms with van der Waals surface area (Å²) in [6, 6.07) is 3.95. The number of methoxy groups -OCH3 is 1. The van der Waals surface area contributed by atoms with Gasteiger partial charge in [0, 0.05) is 30.1 Å². The Morgan fingerprint density at radius 3 is 3.22 bits per heavy atom. The maximum absolute atomic E-state index is 5.22. The minimum atomic E-state index is 0.755. The number of hydrogen-bond donors (Lipinski definition) is 0. The quantitative estimate of drug-likeness (QED) is 0.850. The number of nitrogens with zero attached hydrogens (tertiary/aromatic N) is 2. The Kier molecular flexibility index (Phi) is 3.46. The largest absolute Gasteiger partial charge is 0.497 e. The van der Waals surface area contributed by atoms with Gasteiger partial charge < -0.3 is 9.14 Å². The summed E-state index contributed by atoms with van der Waals surface area (Å²) in [5, 5.41) is 0.755. The number of aromatic nitrogens is 2. The van der Waals surface area contributed by atoms with Gasteiger partial charge in [-0.15, -0.1) is 0 Å². The third-order valence-corrected chi connectivity index (χ3v) is 4.83. The molecule has 1 atom stereocenters. The summed E-state index contributed by atoms with van der Waals surface area (Å²) >= 11 is 2.10. The number of pyridine rings is 1. The molecule has 0 amide bonds. The van der Waals surface area contributed by atoms with Crippen LogP contribution in [-0.2, 0) is 6.42 Å². The maximum Gasteiger partial charge on any atom is 0.140 e. The van der Waals surface area contributed by atoms with Crippen molar-refractivity contribution in [1.82, 2.24) is 9.38 Å². The lowest BCUT2D eigenvalue weighted by molar-refractivity contribution is 0.414. The average molecular weight is 262 g/mol. The van der Waals surface area contributed by atoms with Crippen LogP contribution in [0.1, 0.15) is 25.0 Å². The van der Waals surface area contributed by atoms with Crippen LogP contribution in [0, 0.1) is 0 Å². The van der Waals surface area contributed by atoms with Gasteiger partial charge in [-0.3, -0.25) is 0 Å². The molecule has 0 bridgehead atoms. The first-order valence-electron chi connectivity index (χ1n) is 6.48. The van der Waals surface area contributed by atoms with E-state index in [1.807, 2.05) is 18.3 Å². The highest BCUT2D eigenvalue weighted by Gasteiger charge is 2.16. The molecule has 3 heterocycles. The van der Waals surface area contributed by atoms with Gasteiger partial charge in [0.05, 0.1) is 12.8 Å². The SMILES string of the molecule is COc1ccn2cc(CC3CCCCS3)nc2c1. The first-order chi connectivity index (χ1) is 8.85. The summed E-state index contributed by atoms with van der Waals surface area (Å²) < 4.78 is 7.30. The summed E-state index contributed by atoms with van der Waals surface area (Å²) in [7, 11) is 1.69. The molecule has 1 fully saturated rings. The molecule has 1 unspecified atom stereocenters. The van der Waals surface area contributed by atoms with Crippen LogP contribution in [0.4, 0.5) is 0 Å². The van der Waals surface area contributed by atoms with Crippen LogP contribution in [0.15, 0.2) is 24.5 Å². The molecular formula is C14H18N2OS. The zero-order valence-electron chi connectivity index (χ0n) is 10.6. The first kappa shape index (κ1) is 11.9. The highest BCUT2D eigenvalue weighted by molar-refractivity contribution is 7.99. The fourth-order valence-corrected chi connectivity index (χ4v) is 3.77. The molecule has 0 aromatic carbocycles. The smallest absolute Gasteiger partial charge is 0.140 e. The predicted octanol–water partition coefficient (Wildman–Crippen LogP) is 3.17. The Hall–Kier alpha value is -1.16. The summed E-state index contributed by atoms with van der Waals surface area (Å²) in [4.78, 5) is 4.69. The van der Waals surface area contributed by atoms with Gasteiger partial charge in [0.1, 0.15) is 11.4 Å². The van der Waals surface area contributed by atoms with Gasteiger partial charge in [0.15, 0.2) is 0 Å². The molecule has 4 heteroatoms. The molecule has 0 aliphatic carbocycles. The maximum atomic E-state index is 5.22. The summed E-state index contributed by atoms with van der Waals surface area (Å²) in [6.07, 6.45) is 9.33. The molecule has 0 N–H and O–H groups in total. The standard InChI is InChI=1S/C14H18N2OS/c1-17-12-5-6-16-10-11(15-14(16)9-12)8-13-4-2-3-7-18-13/h5-6,9-10,13H,2-4,7-8H2,1H3. The van der Waals surface area contributed by atoms with Crippen molar-refractivity contribution >= 4 is 17.4 Å². The summed E-state index contributed by atoms with van der Waals surface area (Å²) in [5.41, 5.74) is 2.17. The average Bonchev–Trinajstić information content (AvgIpc) is 2.80. The van der Waals surface area contributed by atoms with E-state index in [1.165, 1.54) is 30.7 Å². The molecule has 96 valence electrons. The summed E-state index contributed by atoms with van der Waals surface area (Å²) in [5.74, 6) is 2.18. The van der Waals surface area contributed by atoms with Crippen LogP contribution in [0.2, 0.25) is 0 Å². The van der Waals surface area contributed by atoms with Crippen molar-refractivity contribution in [2.24, 2.45) is 0 Å². The fraction of sp³-hybridized carbons (Fsp3) is 0.500. The van der Waals surface area contributed by atoms with Gasteiger partial charge in [0.25, 0.3) is 0 Å². The molecule has 0 radical (unpaired) electrons. The molecular weight excluding hydrogens is 244 g/mol. The number of ether oxygens (including phenoxy) is 1. The van der Waals surface area contributed by atoms with Crippen molar-refractivity contribution in [3.05, 3.63) is 30.2 Å². The monoisotopic (exact) mass is 262 g/mol. The number of fused-ring (bicyclic) bond motifs is 1. The Bertz CT molecular complexity index is 532. The third-order valence-electron chi connectivity index (χ3n) is 3.43. The number of thioether (sulfide) groups is 1. The molecule has 0 saturated carbocycles. The van der Waals surface area contributed by atoms with Crippen LogP contribution in [0.3, 0.4) is 0 Å². The molecule has 1 aliphatic heterocycles. The van der Waals surface area contributed by atoms with E-state index in [4.69, 9.17) is 4.74 Å². The van der Waals surface area contributed by atoms with Gasteiger partial charge >= 0.3 is 0 Å². The van der Waals surface area contributed by atoms with Crippen molar-refractivity contribution in [2.75, 3.05) is 12.9 Å². The first-order valence-corrected chi connectivity index (χ1v) is 7.53. The Morgan fingerprint density at radius 2 is 2.44 bits per heavy atom. The number of imidazole rings is 1. The van der Waals surface area contributed by atoms with Crippen LogP contribution in [0.5, 0.6) is 5.75 Å². The van der Waals surface area contributed by atoms with Gasteiger partial charge in [-0.2, -0.15) is 11.8 Å². The van der Waals surface area contributed by atoms with Gasteiger partial charge in [-0.05, 0) is 24.7 Å². The van der Waals surface area contributed by atoms with E-state index in [0.717, 1.165) is 23.1 Å². The molecule has 2 aromatic heterocycles. The number of hydrogen-bond acceptors (Lipinski definition) is 3. The molecule has 3 rings (SSSR count). The van der Waals surface area contributed by atoms with Crippen LogP contribution < -0.4 is 4.74 Å². The molecule has 0 spiro atoms. The van der Waals surface area contributed by atoms with Crippen LogP contribution in [0.25, 0.3) is 5.65 Å². The van der Waals surface area contributed by atoms with Gasteiger partial charge in [-0.1, -0.05) is 6.42 Å². The van der Waals surface area contributed by atoms with Crippen LogP contribution in [-0.4, -0.2) is 27.5 Å². The third kappa shape index (κ3) is 2.48. The zero-order valence-corrected chi connectivity index (χ0v) is 11.4. The lowest BCUT2D eigenvalue weighted by Crippen LogP contribution is -2.12.